The normalized spacial score (nSPS) is 15.3. The standard InChI is InChI=1S/C69H52N2/c1-67(2)59-29-17-15-28-56(59)65-66(67)57-39-34-46(42-61(57)68(65,3)4)45-32-35-50(36-33-45)70(51-38-41-64-58(43-51)55-27-16-19-31-63(55)71(64)49-24-12-7-13-25-49)52-37-40-54-53-26-14-18-30-60(53)69(62(54)44-52,47-20-8-5-9-21-47)48-22-10-6-11-23-48/h5-44H,1-4H3. The molecule has 1 aromatic heterocycles. The average Bonchev–Trinajstić information content (AvgIpc) is 4.08. The van der Waals surface area contributed by atoms with Crippen LogP contribution in [0, 0.1) is 0 Å². The molecule has 3 aliphatic carbocycles. The summed E-state index contributed by atoms with van der Waals surface area (Å²) in [5.41, 5.74) is 24.8. The first kappa shape index (κ1) is 41.5. The lowest BCUT2D eigenvalue weighted by molar-refractivity contribution is 0.694. The molecule has 3 aliphatic rings. The Morgan fingerprint density at radius 3 is 1.54 bits per heavy atom. The molecule has 1 heterocycles. The van der Waals surface area contributed by atoms with E-state index in [1.165, 1.54) is 99.7 Å². The van der Waals surface area contributed by atoms with Gasteiger partial charge in [0.15, 0.2) is 0 Å². The molecule has 0 fully saturated rings. The first-order chi connectivity index (χ1) is 34.7. The number of benzene rings is 10. The van der Waals surface area contributed by atoms with E-state index in [4.69, 9.17) is 0 Å². The molecule has 0 aliphatic heterocycles. The van der Waals surface area contributed by atoms with Crippen molar-refractivity contribution in [3.63, 3.8) is 0 Å². The quantitative estimate of drug-likeness (QED) is 0.155. The van der Waals surface area contributed by atoms with Crippen LogP contribution >= 0.6 is 0 Å². The second-order valence-electron chi connectivity index (χ2n) is 20.8. The molecule has 0 radical (unpaired) electrons. The highest BCUT2D eigenvalue weighted by atomic mass is 15.1. The van der Waals surface area contributed by atoms with E-state index in [9.17, 15) is 0 Å². The highest BCUT2D eigenvalue weighted by Crippen LogP contribution is 2.63. The summed E-state index contributed by atoms with van der Waals surface area (Å²) in [6.07, 6.45) is 0. The van der Waals surface area contributed by atoms with Crippen LogP contribution in [0.2, 0.25) is 0 Å². The van der Waals surface area contributed by atoms with Gasteiger partial charge in [-0.25, -0.2) is 0 Å². The Bertz CT molecular complexity index is 3920. The maximum Gasteiger partial charge on any atom is 0.0714 e. The van der Waals surface area contributed by atoms with E-state index in [0.717, 1.165) is 22.7 Å². The van der Waals surface area contributed by atoms with Gasteiger partial charge in [0.2, 0.25) is 0 Å². The van der Waals surface area contributed by atoms with Crippen molar-refractivity contribution in [3.8, 4) is 27.9 Å². The minimum atomic E-state index is -0.527. The number of rotatable bonds is 7. The summed E-state index contributed by atoms with van der Waals surface area (Å²) in [6.45, 7) is 9.65. The van der Waals surface area contributed by atoms with Crippen molar-refractivity contribution in [1.82, 2.24) is 4.57 Å². The Balaban J connectivity index is 0.950. The lowest BCUT2D eigenvalue weighted by Crippen LogP contribution is -2.28. The molecule has 10 aromatic carbocycles. The number of hydrogen-bond donors (Lipinski definition) is 0. The molecule has 0 amide bonds. The van der Waals surface area contributed by atoms with Crippen LogP contribution < -0.4 is 4.90 Å². The number of para-hydroxylation sites is 2. The van der Waals surface area contributed by atoms with Crippen LogP contribution in [0.4, 0.5) is 17.1 Å². The zero-order chi connectivity index (χ0) is 47.6. The maximum absolute atomic E-state index is 2.48. The molecule has 0 N–H and O–H groups in total. The Kier molecular flexibility index (Phi) is 8.93. The zero-order valence-corrected chi connectivity index (χ0v) is 40.5. The van der Waals surface area contributed by atoms with Gasteiger partial charge in [-0.15, -0.1) is 0 Å². The summed E-state index contributed by atoms with van der Waals surface area (Å²) in [4.78, 5) is 2.47. The van der Waals surface area contributed by atoms with Gasteiger partial charge in [0.1, 0.15) is 0 Å². The van der Waals surface area contributed by atoms with Crippen LogP contribution in [0.25, 0.3) is 60.9 Å². The van der Waals surface area contributed by atoms with Crippen molar-refractivity contribution >= 4 is 50.0 Å². The fourth-order valence-electron chi connectivity index (χ4n) is 13.3. The fourth-order valence-corrected chi connectivity index (χ4v) is 13.3. The van der Waals surface area contributed by atoms with Gasteiger partial charge in [0.25, 0.3) is 0 Å². The molecule has 0 unspecified atom stereocenters. The van der Waals surface area contributed by atoms with Gasteiger partial charge in [-0.2, -0.15) is 0 Å². The van der Waals surface area contributed by atoms with Crippen molar-refractivity contribution in [2.45, 2.75) is 43.9 Å². The predicted octanol–water partition coefficient (Wildman–Crippen LogP) is 17.8. The summed E-state index contributed by atoms with van der Waals surface area (Å²) < 4.78 is 2.40. The van der Waals surface area contributed by atoms with E-state index >= 15 is 0 Å². The number of allylic oxidation sites excluding steroid dienone is 2. The SMILES string of the molecule is CC1(C)C2=C(c3ccccc31)C(C)(C)c1cc(-c3ccc(N(c4ccc5c(c4)C(c4ccccc4)(c4ccccc4)c4ccccc4-5)c4ccc5c(c4)c4ccccc4n5-c4ccccc4)cc3)ccc12. The zero-order valence-electron chi connectivity index (χ0n) is 40.5. The molecule has 0 saturated carbocycles. The van der Waals surface area contributed by atoms with Crippen molar-refractivity contribution in [2.24, 2.45) is 0 Å². The topological polar surface area (TPSA) is 8.17 Å². The van der Waals surface area contributed by atoms with E-state index in [1.807, 2.05) is 0 Å². The molecular weight excluding hydrogens is 857 g/mol. The first-order valence-electron chi connectivity index (χ1n) is 25.1. The van der Waals surface area contributed by atoms with Crippen LogP contribution in [0.3, 0.4) is 0 Å². The van der Waals surface area contributed by atoms with Gasteiger partial charge in [0, 0.05) is 44.4 Å². The summed E-state index contributed by atoms with van der Waals surface area (Å²) in [5.74, 6) is 0. The highest BCUT2D eigenvalue weighted by molar-refractivity contribution is 6.11. The maximum atomic E-state index is 2.48. The molecule has 338 valence electrons. The molecule has 71 heavy (non-hydrogen) atoms. The molecule has 11 aromatic rings. The summed E-state index contributed by atoms with van der Waals surface area (Å²) in [5, 5.41) is 2.44. The fraction of sp³-hybridized carbons (Fsp3) is 0.101. The number of anilines is 3. The Morgan fingerprint density at radius 2 is 0.817 bits per heavy atom. The van der Waals surface area contributed by atoms with Gasteiger partial charge in [-0.05, 0) is 145 Å². The predicted molar refractivity (Wildman–Crippen MR) is 298 cm³/mol. The Morgan fingerprint density at radius 1 is 0.324 bits per heavy atom. The van der Waals surface area contributed by atoms with Crippen LogP contribution in [-0.4, -0.2) is 4.57 Å². The van der Waals surface area contributed by atoms with Gasteiger partial charge in [-0.3, -0.25) is 0 Å². The number of hydrogen-bond acceptors (Lipinski definition) is 1. The molecule has 2 heteroatoms. The van der Waals surface area contributed by atoms with Crippen molar-refractivity contribution in [2.75, 3.05) is 4.90 Å². The Hall–Kier alpha value is -8.46. The summed E-state index contributed by atoms with van der Waals surface area (Å²) >= 11 is 0. The molecule has 0 spiro atoms. The number of aromatic nitrogens is 1. The lowest BCUT2D eigenvalue weighted by atomic mass is 9.67. The van der Waals surface area contributed by atoms with Crippen LogP contribution in [0.5, 0.6) is 0 Å². The molecule has 0 saturated heterocycles. The van der Waals surface area contributed by atoms with E-state index in [0.29, 0.717) is 0 Å². The highest BCUT2D eigenvalue weighted by Gasteiger charge is 2.50. The largest absolute Gasteiger partial charge is 0.310 e. The van der Waals surface area contributed by atoms with Gasteiger partial charge in [0.05, 0.1) is 16.4 Å². The van der Waals surface area contributed by atoms with E-state index in [2.05, 4.69) is 280 Å². The third kappa shape index (κ3) is 5.82. The summed E-state index contributed by atoms with van der Waals surface area (Å²) in [7, 11) is 0. The summed E-state index contributed by atoms with van der Waals surface area (Å²) in [6, 6.07) is 90.6. The monoisotopic (exact) mass is 908 g/mol. The Labute approximate surface area is 416 Å². The molecule has 0 atom stereocenters. The number of fused-ring (bicyclic) bond motifs is 10. The van der Waals surface area contributed by atoms with E-state index in [1.54, 1.807) is 0 Å². The van der Waals surface area contributed by atoms with E-state index in [-0.39, 0.29) is 10.8 Å². The van der Waals surface area contributed by atoms with Crippen LogP contribution in [-0.2, 0) is 16.2 Å². The first-order valence-corrected chi connectivity index (χ1v) is 25.1. The molecular formula is C69H52N2. The smallest absolute Gasteiger partial charge is 0.0714 e. The molecule has 0 bridgehead atoms. The van der Waals surface area contributed by atoms with Crippen molar-refractivity contribution in [1.29, 1.82) is 0 Å². The van der Waals surface area contributed by atoms with E-state index < -0.39 is 5.41 Å². The average molecular weight is 909 g/mol. The minimum absolute atomic E-state index is 0.0528. The second kappa shape index (κ2) is 15.3. The molecule has 14 rings (SSSR count). The third-order valence-corrected chi connectivity index (χ3v) is 16.4. The van der Waals surface area contributed by atoms with Gasteiger partial charge in [-0.1, -0.05) is 204 Å². The molecule has 2 nitrogen and oxygen atoms in total. The third-order valence-electron chi connectivity index (χ3n) is 16.4. The van der Waals surface area contributed by atoms with Gasteiger partial charge < -0.3 is 9.47 Å². The van der Waals surface area contributed by atoms with Crippen molar-refractivity contribution < 1.29 is 0 Å². The van der Waals surface area contributed by atoms with Crippen LogP contribution in [0.1, 0.15) is 72.2 Å². The minimum Gasteiger partial charge on any atom is -0.310 e. The second-order valence-corrected chi connectivity index (χ2v) is 20.8. The number of nitrogens with zero attached hydrogens (tertiary/aromatic N) is 2. The van der Waals surface area contributed by atoms with Crippen LogP contribution in [0.15, 0.2) is 243 Å². The lowest BCUT2D eigenvalue weighted by Gasteiger charge is -2.35. The van der Waals surface area contributed by atoms with Crippen molar-refractivity contribution in [3.05, 3.63) is 287 Å². The van der Waals surface area contributed by atoms with Gasteiger partial charge >= 0.3 is 0 Å².